The molecule has 0 saturated carbocycles. The van der Waals surface area contributed by atoms with Crippen molar-refractivity contribution in [3.05, 3.63) is 55.9 Å². The van der Waals surface area contributed by atoms with Crippen molar-refractivity contribution in [2.75, 3.05) is 7.11 Å². The average Bonchev–Trinajstić information content (AvgIpc) is 2.50. The van der Waals surface area contributed by atoms with Crippen LogP contribution in [0.3, 0.4) is 0 Å². The van der Waals surface area contributed by atoms with Gasteiger partial charge >= 0.3 is 0 Å². The quantitative estimate of drug-likeness (QED) is 0.827. The first-order valence-electron chi connectivity index (χ1n) is 7.20. The van der Waals surface area contributed by atoms with Crippen LogP contribution in [-0.4, -0.2) is 11.7 Å². The van der Waals surface area contributed by atoms with Crippen LogP contribution in [0.25, 0.3) is 5.69 Å². The van der Waals surface area contributed by atoms with Gasteiger partial charge in [-0.2, -0.15) is 0 Å². The van der Waals surface area contributed by atoms with Crippen molar-refractivity contribution in [2.24, 2.45) is 0 Å². The summed E-state index contributed by atoms with van der Waals surface area (Å²) in [5, 5.41) is 0. The molecule has 1 aliphatic rings. The van der Waals surface area contributed by atoms with Crippen LogP contribution in [0.2, 0.25) is 0 Å². The number of halogens is 1. The van der Waals surface area contributed by atoms with E-state index in [1.54, 1.807) is 13.2 Å². The molecule has 4 heteroatoms. The Hall–Kier alpha value is -1.55. The topological polar surface area (TPSA) is 31.2 Å². The predicted octanol–water partition coefficient (Wildman–Crippen LogP) is 3.80. The Kier molecular flexibility index (Phi) is 3.89. The highest BCUT2D eigenvalue weighted by Crippen LogP contribution is 2.31. The number of nitrogens with zero attached hydrogens (tertiary/aromatic N) is 1. The molecule has 0 spiro atoms. The van der Waals surface area contributed by atoms with Crippen LogP contribution in [0.1, 0.15) is 29.7 Å². The molecule has 0 saturated heterocycles. The average molecular weight is 348 g/mol. The molecular weight excluding hydrogens is 330 g/mol. The van der Waals surface area contributed by atoms with E-state index in [0.29, 0.717) is 5.75 Å². The van der Waals surface area contributed by atoms with E-state index in [1.165, 1.54) is 12.0 Å². The van der Waals surface area contributed by atoms with Gasteiger partial charge in [-0.3, -0.25) is 9.36 Å². The summed E-state index contributed by atoms with van der Waals surface area (Å²) >= 11 is 3.52. The summed E-state index contributed by atoms with van der Waals surface area (Å²) < 4.78 is 8.31. The third kappa shape index (κ3) is 2.53. The second kappa shape index (κ2) is 5.68. The summed E-state index contributed by atoms with van der Waals surface area (Å²) in [6.45, 7) is 2.02. The molecule has 110 valence electrons. The molecule has 0 bridgehead atoms. The van der Waals surface area contributed by atoms with Crippen LogP contribution < -0.4 is 10.3 Å². The maximum Gasteiger partial charge on any atom is 0.255 e. The number of aryl methyl sites for hydroxylation is 2. The zero-order valence-electron chi connectivity index (χ0n) is 12.3. The van der Waals surface area contributed by atoms with Crippen molar-refractivity contribution in [1.29, 1.82) is 0 Å². The van der Waals surface area contributed by atoms with Gasteiger partial charge in [0.15, 0.2) is 0 Å². The molecule has 21 heavy (non-hydrogen) atoms. The minimum atomic E-state index is 0.00988. The summed E-state index contributed by atoms with van der Waals surface area (Å²) in [7, 11) is 1.64. The Labute approximate surface area is 132 Å². The Balaban J connectivity index is 2.30. The highest BCUT2D eigenvalue weighted by Gasteiger charge is 2.18. The zero-order valence-corrected chi connectivity index (χ0v) is 13.9. The van der Waals surface area contributed by atoms with E-state index in [0.717, 1.165) is 40.7 Å². The van der Waals surface area contributed by atoms with Crippen LogP contribution in [0.5, 0.6) is 5.75 Å². The van der Waals surface area contributed by atoms with E-state index in [2.05, 4.69) is 15.9 Å². The molecule has 0 atom stereocenters. The van der Waals surface area contributed by atoms with Gasteiger partial charge in [0.1, 0.15) is 5.75 Å². The third-order valence-corrected chi connectivity index (χ3v) is 4.95. The van der Waals surface area contributed by atoms with Gasteiger partial charge in [0.2, 0.25) is 0 Å². The van der Waals surface area contributed by atoms with Crippen molar-refractivity contribution >= 4 is 15.9 Å². The van der Waals surface area contributed by atoms with Crippen molar-refractivity contribution in [2.45, 2.75) is 32.6 Å². The lowest BCUT2D eigenvalue weighted by atomic mass is 9.95. The predicted molar refractivity (Wildman–Crippen MR) is 87.7 cm³/mol. The maximum atomic E-state index is 12.5. The lowest BCUT2D eigenvalue weighted by Crippen LogP contribution is -2.25. The second-order valence-electron chi connectivity index (χ2n) is 5.46. The molecule has 2 aromatic rings. The molecule has 1 aromatic carbocycles. The minimum absolute atomic E-state index is 0.00988. The van der Waals surface area contributed by atoms with Crippen LogP contribution in [0, 0.1) is 6.92 Å². The molecule has 0 aliphatic heterocycles. The number of ether oxygens (including phenoxy) is 1. The van der Waals surface area contributed by atoms with Crippen LogP contribution in [-0.2, 0) is 12.8 Å². The van der Waals surface area contributed by atoms with E-state index < -0.39 is 0 Å². The summed E-state index contributed by atoms with van der Waals surface area (Å²) in [6, 6.07) is 7.59. The molecule has 3 nitrogen and oxygen atoms in total. The number of aromatic nitrogens is 1. The van der Waals surface area contributed by atoms with Gasteiger partial charge in [0, 0.05) is 16.2 Å². The van der Waals surface area contributed by atoms with Gasteiger partial charge in [-0.15, -0.1) is 0 Å². The lowest BCUT2D eigenvalue weighted by Gasteiger charge is -2.22. The van der Waals surface area contributed by atoms with Gasteiger partial charge < -0.3 is 4.74 Å². The summed E-state index contributed by atoms with van der Waals surface area (Å²) in [5.74, 6) is 0.716. The van der Waals surface area contributed by atoms with E-state index in [4.69, 9.17) is 4.74 Å². The largest absolute Gasteiger partial charge is 0.495 e. The van der Waals surface area contributed by atoms with Crippen LogP contribution in [0.4, 0.5) is 0 Å². The summed E-state index contributed by atoms with van der Waals surface area (Å²) in [4.78, 5) is 12.5. The monoisotopic (exact) mass is 347 g/mol. The number of rotatable bonds is 2. The Morgan fingerprint density at radius 3 is 2.71 bits per heavy atom. The van der Waals surface area contributed by atoms with Crippen molar-refractivity contribution < 1.29 is 4.74 Å². The van der Waals surface area contributed by atoms with Gasteiger partial charge in [0.05, 0.1) is 12.8 Å². The number of pyridine rings is 1. The molecule has 1 aliphatic carbocycles. The van der Waals surface area contributed by atoms with Gasteiger partial charge in [-0.05, 0) is 55.9 Å². The van der Waals surface area contributed by atoms with Crippen molar-refractivity contribution in [3.8, 4) is 11.4 Å². The highest BCUT2D eigenvalue weighted by atomic mass is 79.9. The van der Waals surface area contributed by atoms with E-state index >= 15 is 0 Å². The Morgan fingerprint density at radius 1 is 1.19 bits per heavy atom. The van der Waals surface area contributed by atoms with Gasteiger partial charge in [-0.1, -0.05) is 22.0 Å². The number of fused-ring (bicyclic) bond motifs is 1. The maximum absolute atomic E-state index is 12.5. The smallest absolute Gasteiger partial charge is 0.255 e. The summed E-state index contributed by atoms with van der Waals surface area (Å²) in [6.07, 6.45) is 4.33. The molecule has 3 rings (SSSR count). The van der Waals surface area contributed by atoms with Crippen LogP contribution >= 0.6 is 15.9 Å². The molecule has 0 N–H and O–H groups in total. The Morgan fingerprint density at radius 2 is 1.95 bits per heavy atom. The number of hydrogen-bond acceptors (Lipinski definition) is 2. The first-order valence-corrected chi connectivity index (χ1v) is 7.99. The third-order valence-electron chi connectivity index (χ3n) is 4.10. The first kappa shape index (κ1) is 14.4. The standard InChI is InChI=1S/C17H18BrNO2/c1-11-9-15(16(21-2)10-13(11)18)19-14-6-4-3-5-12(14)7-8-17(19)20/h7-10H,3-6H2,1-2H3. The van der Waals surface area contributed by atoms with E-state index in [9.17, 15) is 4.79 Å². The number of methoxy groups -OCH3 is 1. The fraction of sp³-hybridized carbons (Fsp3) is 0.353. The van der Waals surface area contributed by atoms with Crippen molar-refractivity contribution in [1.82, 2.24) is 4.57 Å². The van der Waals surface area contributed by atoms with E-state index in [-0.39, 0.29) is 5.56 Å². The summed E-state index contributed by atoms with van der Waals surface area (Å²) in [5.41, 5.74) is 4.35. The van der Waals surface area contributed by atoms with E-state index in [1.807, 2.05) is 29.7 Å². The highest BCUT2D eigenvalue weighted by molar-refractivity contribution is 9.10. The lowest BCUT2D eigenvalue weighted by molar-refractivity contribution is 0.411. The fourth-order valence-corrected chi connectivity index (χ4v) is 3.30. The molecule has 0 fully saturated rings. The van der Waals surface area contributed by atoms with Gasteiger partial charge in [-0.25, -0.2) is 0 Å². The SMILES string of the molecule is COc1cc(Br)c(C)cc1-n1c2c(ccc1=O)CCCC2. The second-order valence-corrected chi connectivity index (χ2v) is 6.31. The zero-order chi connectivity index (χ0) is 15.0. The fourth-order valence-electron chi connectivity index (χ4n) is 2.98. The van der Waals surface area contributed by atoms with Crippen LogP contribution in [0.15, 0.2) is 33.5 Å². The van der Waals surface area contributed by atoms with Gasteiger partial charge in [0.25, 0.3) is 5.56 Å². The molecule has 1 heterocycles. The normalized spacial score (nSPS) is 13.9. The minimum Gasteiger partial charge on any atom is -0.495 e. The molecular formula is C17H18BrNO2. The number of hydrogen-bond donors (Lipinski definition) is 0. The first-order chi connectivity index (χ1) is 10.1. The number of benzene rings is 1. The Bertz CT molecular complexity index is 749. The van der Waals surface area contributed by atoms with Crippen molar-refractivity contribution in [3.63, 3.8) is 0 Å². The molecule has 0 radical (unpaired) electrons. The molecule has 0 amide bonds. The molecule has 0 unspecified atom stereocenters. The molecule has 1 aromatic heterocycles.